The summed E-state index contributed by atoms with van der Waals surface area (Å²) < 4.78 is 0. The molecule has 0 heterocycles. The maximum Gasteiger partial charge on any atom is 0.225 e. The fourth-order valence-electron chi connectivity index (χ4n) is 3.23. The van der Waals surface area contributed by atoms with E-state index in [1.807, 2.05) is 20.8 Å². The Morgan fingerprint density at radius 2 is 1.64 bits per heavy atom. The fraction of sp³-hybridized carbons (Fsp3) is 0.895. The van der Waals surface area contributed by atoms with Gasteiger partial charge in [0.1, 0.15) is 0 Å². The zero-order valence-electron chi connectivity index (χ0n) is 16.9. The lowest BCUT2D eigenvalue weighted by molar-refractivity contribution is -0.128. The predicted molar refractivity (Wildman–Crippen MR) is 118 cm³/mol. The van der Waals surface area contributed by atoms with Gasteiger partial charge in [0.2, 0.25) is 5.91 Å². The Kier molecular flexibility index (Phi) is 11.7. The third-order valence-corrected chi connectivity index (χ3v) is 5.15. The maximum atomic E-state index is 11.8. The van der Waals surface area contributed by atoms with Gasteiger partial charge in [-0.05, 0) is 18.8 Å². The average Bonchev–Trinajstić information content (AvgIpc) is 2.56. The molecule has 5 nitrogen and oxygen atoms in total. The van der Waals surface area contributed by atoms with Crippen molar-refractivity contribution in [2.24, 2.45) is 22.2 Å². The molecule has 0 radical (unpaired) electrons. The molecule has 1 saturated carbocycles. The lowest BCUT2D eigenvalue weighted by Gasteiger charge is -2.33. The summed E-state index contributed by atoms with van der Waals surface area (Å²) in [5.74, 6) is 2.36. The first kappa shape index (κ1) is 24.5. The standard InChI is InChI=1S/C19H38N4O.HI/c1-14(16-10-8-7-9-11-16)15(2)23-18(20-6)22-13-12-21-17(24)19(3,4)5;/h14-16H,7-13H2,1-6H3,(H,21,24)(H2,20,22,23);1H. The third kappa shape index (κ3) is 9.11. The molecular formula is C19H39IN4O. The summed E-state index contributed by atoms with van der Waals surface area (Å²) in [7, 11) is 1.79. The minimum absolute atomic E-state index is 0. The molecular weight excluding hydrogens is 427 g/mol. The summed E-state index contributed by atoms with van der Waals surface area (Å²) in [6.45, 7) is 11.6. The number of hydrogen-bond acceptors (Lipinski definition) is 2. The summed E-state index contributed by atoms with van der Waals surface area (Å²) in [5.41, 5.74) is -0.343. The van der Waals surface area contributed by atoms with Crippen molar-refractivity contribution in [2.75, 3.05) is 20.1 Å². The van der Waals surface area contributed by atoms with E-state index in [0.717, 1.165) is 11.9 Å². The van der Waals surface area contributed by atoms with Crippen molar-refractivity contribution in [3.8, 4) is 0 Å². The first-order valence-electron chi connectivity index (χ1n) is 9.51. The van der Waals surface area contributed by atoms with E-state index in [1.54, 1.807) is 7.05 Å². The van der Waals surface area contributed by atoms with Gasteiger partial charge in [-0.25, -0.2) is 0 Å². The molecule has 2 unspecified atom stereocenters. The van der Waals surface area contributed by atoms with Crippen molar-refractivity contribution in [3.63, 3.8) is 0 Å². The molecule has 0 aromatic rings. The van der Waals surface area contributed by atoms with Gasteiger partial charge in [0.25, 0.3) is 0 Å². The highest BCUT2D eigenvalue weighted by atomic mass is 127. The van der Waals surface area contributed by atoms with Crippen LogP contribution in [0.3, 0.4) is 0 Å². The average molecular weight is 466 g/mol. The van der Waals surface area contributed by atoms with Crippen LogP contribution in [0.1, 0.15) is 66.7 Å². The zero-order valence-corrected chi connectivity index (χ0v) is 19.3. The first-order chi connectivity index (χ1) is 11.3. The number of carbonyl (C=O) groups is 1. The Morgan fingerprint density at radius 3 is 2.16 bits per heavy atom. The number of rotatable bonds is 6. The highest BCUT2D eigenvalue weighted by Crippen LogP contribution is 2.31. The Morgan fingerprint density at radius 1 is 1.08 bits per heavy atom. The Bertz CT molecular complexity index is 414. The van der Waals surface area contributed by atoms with E-state index in [4.69, 9.17) is 0 Å². The normalized spacial score (nSPS) is 18.7. The minimum Gasteiger partial charge on any atom is -0.355 e. The van der Waals surface area contributed by atoms with E-state index < -0.39 is 0 Å². The Hall–Kier alpha value is -0.530. The van der Waals surface area contributed by atoms with Crippen LogP contribution in [-0.4, -0.2) is 38.0 Å². The minimum atomic E-state index is -0.343. The van der Waals surface area contributed by atoms with E-state index in [1.165, 1.54) is 32.1 Å². The molecule has 2 atom stereocenters. The van der Waals surface area contributed by atoms with Gasteiger partial charge < -0.3 is 16.0 Å². The topological polar surface area (TPSA) is 65.5 Å². The van der Waals surface area contributed by atoms with Crippen molar-refractivity contribution in [2.45, 2.75) is 72.8 Å². The van der Waals surface area contributed by atoms with E-state index in [-0.39, 0.29) is 35.3 Å². The lowest BCUT2D eigenvalue weighted by atomic mass is 9.78. The molecule has 0 spiro atoms. The second kappa shape index (κ2) is 12.0. The number of nitrogens with one attached hydrogen (secondary N) is 3. The van der Waals surface area contributed by atoms with Gasteiger partial charge >= 0.3 is 0 Å². The van der Waals surface area contributed by atoms with Crippen molar-refractivity contribution in [1.82, 2.24) is 16.0 Å². The largest absolute Gasteiger partial charge is 0.355 e. The van der Waals surface area contributed by atoms with Crippen molar-refractivity contribution < 1.29 is 4.79 Å². The second-order valence-corrected chi connectivity index (χ2v) is 8.20. The number of hydrogen-bond donors (Lipinski definition) is 3. The molecule has 0 saturated heterocycles. The van der Waals surface area contributed by atoms with Crippen LogP contribution in [0.5, 0.6) is 0 Å². The predicted octanol–water partition coefficient (Wildman–Crippen LogP) is 3.54. The van der Waals surface area contributed by atoms with E-state index in [0.29, 0.717) is 25.0 Å². The number of amides is 1. The molecule has 0 aliphatic heterocycles. The Balaban J connectivity index is 0.00000576. The number of guanidine groups is 1. The summed E-state index contributed by atoms with van der Waals surface area (Å²) in [4.78, 5) is 16.1. The monoisotopic (exact) mass is 466 g/mol. The quantitative estimate of drug-likeness (QED) is 0.243. The Labute approximate surface area is 171 Å². The smallest absolute Gasteiger partial charge is 0.225 e. The molecule has 1 rings (SSSR count). The number of nitrogens with zero attached hydrogens (tertiary/aromatic N) is 1. The van der Waals surface area contributed by atoms with Crippen molar-refractivity contribution >= 4 is 35.8 Å². The molecule has 0 aromatic carbocycles. The highest BCUT2D eigenvalue weighted by Gasteiger charge is 2.25. The van der Waals surface area contributed by atoms with E-state index in [9.17, 15) is 4.79 Å². The zero-order chi connectivity index (χ0) is 18.2. The molecule has 148 valence electrons. The third-order valence-electron chi connectivity index (χ3n) is 5.15. The summed E-state index contributed by atoms with van der Waals surface area (Å²) >= 11 is 0. The van der Waals surface area contributed by atoms with Crippen molar-refractivity contribution in [3.05, 3.63) is 0 Å². The fourth-order valence-corrected chi connectivity index (χ4v) is 3.23. The first-order valence-corrected chi connectivity index (χ1v) is 9.51. The van der Waals surface area contributed by atoms with Crippen LogP contribution in [0.4, 0.5) is 0 Å². The van der Waals surface area contributed by atoms with Crippen LogP contribution in [0.2, 0.25) is 0 Å². The molecule has 1 fully saturated rings. The number of carbonyl (C=O) groups excluding carboxylic acids is 1. The molecule has 3 N–H and O–H groups in total. The number of halogens is 1. The molecule has 1 amide bonds. The van der Waals surface area contributed by atoms with Crippen LogP contribution < -0.4 is 16.0 Å². The molecule has 0 aromatic heterocycles. The number of aliphatic imine (C=N–C) groups is 1. The van der Waals surface area contributed by atoms with Gasteiger partial charge in [-0.3, -0.25) is 9.79 Å². The maximum absolute atomic E-state index is 11.8. The van der Waals surface area contributed by atoms with Crippen LogP contribution in [0.15, 0.2) is 4.99 Å². The van der Waals surface area contributed by atoms with Crippen LogP contribution in [-0.2, 0) is 4.79 Å². The molecule has 0 bridgehead atoms. The highest BCUT2D eigenvalue weighted by molar-refractivity contribution is 14.0. The van der Waals surface area contributed by atoms with Crippen molar-refractivity contribution in [1.29, 1.82) is 0 Å². The van der Waals surface area contributed by atoms with E-state index in [2.05, 4.69) is 34.8 Å². The van der Waals surface area contributed by atoms with Gasteiger partial charge in [-0.15, -0.1) is 24.0 Å². The van der Waals surface area contributed by atoms with Gasteiger partial charge in [0.05, 0.1) is 0 Å². The van der Waals surface area contributed by atoms with Gasteiger partial charge in [0, 0.05) is 31.6 Å². The van der Waals surface area contributed by atoms with Crippen LogP contribution >= 0.6 is 24.0 Å². The summed E-state index contributed by atoms with van der Waals surface area (Å²) in [5, 5.41) is 9.74. The van der Waals surface area contributed by atoms with Crippen LogP contribution in [0, 0.1) is 17.3 Å². The molecule has 1 aliphatic carbocycles. The summed E-state index contributed by atoms with van der Waals surface area (Å²) in [6.07, 6.45) is 6.87. The molecule has 6 heteroatoms. The lowest BCUT2D eigenvalue weighted by Crippen LogP contribution is -2.48. The van der Waals surface area contributed by atoms with Gasteiger partial charge in [0.15, 0.2) is 5.96 Å². The second-order valence-electron chi connectivity index (χ2n) is 8.20. The van der Waals surface area contributed by atoms with Gasteiger partial charge in [-0.2, -0.15) is 0 Å². The van der Waals surface area contributed by atoms with Gasteiger partial charge in [-0.1, -0.05) is 59.8 Å². The van der Waals surface area contributed by atoms with Crippen LogP contribution in [0.25, 0.3) is 0 Å². The van der Waals surface area contributed by atoms with E-state index >= 15 is 0 Å². The molecule has 1 aliphatic rings. The SMILES string of the molecule is CN=C(NCCNC(=O)C(C)(C)C)NC(C)C(C)C1CCCCC1.I. The summed E-state index contributed by atoms with van der Waals surface area (Å²) in [6, 6.07) is 0.392. The molecule has 25 heavy (non-hydrogen) atoms.